The summed E-state index contributed by atoms with van der Waals surface area (Å²) in [6.07, 6.45) is 0. The van der Waals surface area contributed by atoms with Gasteiger partial charge in [0.05, 0.1) is 6.61 Å². The minimum Gasteiger partial charge on any atom is -0.185 e. The summed E-state index contributed by atoms with van der Waals surface area (Å²) in [5.74, 6) is 0. The van der Waals surface area contributed by atoms with Gasteiger partial charge in [0.15, 0.2) is 6.61 Å². The zero-order chi connectivity index (χ0) is 7.11. The fourth-order valence-corrected chi connectivity index (χ4v) is 0.223. The van der Waals surface area contributed by atoms with Crippen molar-refractivity contribution in [1.29, 1.82) is 0 Å². The average Bonchev–Trinajstić information content (AvgIpc) is 1.85. The second-order valence-electron chi connectivity index (χ2n) is 1.12. The van der Waals surface area contributed by atoms with E-state index in [9.17, 15) is 4.91 Å². The topological polar surface area (TPSA) is 47.8 Å². The lowest BCUT2D eigenvalue weighted by Gasteiger charge is -1.86. The molecule has 0 spiro atoms. The Morgan fingerprint density at radius 3 is 2.44 bits per heavy atom. The molecule has 0 saturated carbocycles. The van der Waals surface area contributed by atoms with Gasteiger partial charge >= 0.3 is 5.09 Å². The Morgan fingerprint density at radius 2 is 2.00 bits per heavy atom. The van der Waals surface area contributed by atoms with Crippen LogP contribution in [0, 0.1) is 4.91 Å². The van der Waals surface area contributed by atoms with Gasteiger partial charge in [-0.1, -0.05) is 0 Å². The quantitative estimate of drug-likeness (QED) is 0.410. The predicted octanol–water partition coefficient (Wildman–Crippen LogP) is 0.600. The summed E-state index contributed by atoms with van der Waals surface area (Å²) in [6, 6.07) is 0. The number of hydrogen-bond donors (Lipinski definition) is 0. The van der Waals surface area contributed by atoms with Crippen LogP contribution in [0.3, 0.4) is 0 Å². The Bertz CT molecular complexity index is 84.6. The van der Waals surface area contributed by atoms with Crippen LogP contribution in [-0.4, -0.2) is 18.3 Å². The highest BCUT2D eigenvalue weighted by molar-refractivity contribution is 3.91. The molecule has 54 valence electrons. The molecule has 0 aromatic heterocycles. The van der Waals surface area contributed by atoms with Gasteiger partial charge in [-0.3, -0.25) is 0 Å². The van der Waals surface area contributed by atoms with E-state index in [1.54, 1.807) is 13.8 Å². The second kappa shape index (κ2) is 5.30. The molecular formula is C4H10NO4+. The molecule has 0 bridgehead atoms. The minimum atomic E-state index is -0.0799. The number of hydrogen-bond acceptors (Lipinski definition) is 4. The van der Waals surface area contributed by atoms with Crippen LogP contribution in [0.1, 0.15) is 13.8 Å². The Balaban J connectivity index is 3.06. The van der Waals surface area contributed by atoms with E-state index in [4.69, 9.17) is 0 Å². The summed E-state index contributed by atoms with van der Waals surface area (Å²) in [4.78, 5) is 22.6. The van der Waals surface area contributed by atoms with Gasteiger partial charge in [-0.05, 0) is 13.8 Å². The molecule has 0 atom stereocenters. The smallest absolute Gasteiger partial charge is 0.185 e. The van der Waals surface area contributed by atoms with E-state index in [1.165, 1.54) is 0 Å². The zero-order valence-electron chi connectivity index (χ0n) is 5.49. The SMILES string of the molecule is CCOO[N+](=O)OCC. The molecule has 0 aliphatic rings. The van der Waals surface area contributed by atoms with Crippen molar-refractivity contribution < 1.29 is 19.8 Å². The maximum atomic E-state index is 10.1. The first-order valence-electron chi connectivity index (χ1n) is 2.71. The molecule has 0 aromatic rings. The van der Waals surface area contributed by atoms with Crippen LogP contribution < -0.4 is 0 Å². The van der Waals surface area contributed by atoms with E-state index in [2.05, 4.69) is 14.7 Å². The Labute approximate surface area is 52.9 Å². The van der Waals surface area contributed by atoms with Gasteiger partial charge in [0.1, 0.15) is 4.91 Å². The molecule has 0 fully saturated rings. The van der Waals surface area contributed by atoms with Crippen molar-refractivity contribution in [3.63, 3.8) is 0 Å². The zero-order valence-corrected chi connectivity index (χ0v) is 5.49. The van der Waals surface area contributed by atoms with Crippen molar-refractivity contribution in [2.75, 3.05) is 13.2 Å². The molecule has 0 radical (unpaired) electrons. The van der Waals surface area contributed by atoms with E-state index in [0.29, 0.717) is 6.61 Å². The van der Waals surface area contributed by atoms with Crippen molar-refractivity contribution in [1.82, 2.24) is 0 Å². The Morgan fingerprint density at radius 1 is 1.33 bits per heavy atom. The second-order valence-corrected chi connectivity index (χ2v) is 1.12. The summed E-state index contributed by atoms with van der Waals surface area (Å²) in [5.41, 5.74) is 0. The van der Waals surface area contributed by atoms with Crippen molar-refractivity contribution in [3.05, 3.63) is 4.91 Å². The molecule has 0 saturated heterocycles. The highest BCUT2D eigenvalue weighted by atomic mass is 17.3. The van der Waals surface area contributed by atoms with Crippen LogP contribution in [0.25, 0.3) is 0 Å². The van der Waals surface area contributed by atoms with E-state index < -0.39 is 0 Å². The number of nitrogens with zero attached hydrogens (tertiary/aromatic N) is 1. The van der Waals surface area contributed by atoms with Crippen molar-refractivity contribution in [3.8, 4) is 0 Å². The van der Waals surface area contributed by atoms with Gasteiger partial charge in [-0.2, -0.15) is 4.84 Å². The minimum absolute atomic E-state index is 0.0799. The van der Waals surface area contributed by atoms with Crippen molar-refractivity contribution in [2.45, 2.75) is 13.8 Å². The van der Waals surface area contributed by atoms with Gasteiger partial charge < -0.3 is 0 Å². The molecule has 9 heavy (non-hydrogen) atoms. The average molecular weight is 136 g/mol. The third-order valence-corrected chi connectivity index (χ3v) is 0.466. The highest BCUT2D eigenvalue weighted by Crippen LogP contribution is 1.81. The monoisotopic (exact) mass is 136 g/mol. The highest BCUT2D eigenvalue weighted by Gasteiger charge is 2.10. The summed E-state index contributed by atoms with van der Waals surface area (Å²) in [7, 11) is 0. The summed E-state index contributed by atoms with van der Waals surface area (Å²) < 4.78 is 0. The van der Waals surface area contributed by atoms with Crippen molar-refractivity contribution in [2.24, 2.45) is 0 Å². The lowest BCUT2D eigenvalue weighted by Crippen LogP contribution is -2.10. The molecule has 0 aliphatic carbocycles. The van der Waals surface area contributed by atoms with Crippen molar-refractivity contribution >= 4 is 0 Å². The van der Waals surface area contributed by atoms with E-state index in [-0.39, 0.29) is 11.7 Å². The number of rotatable bonds is 5. The largest absolute Gasteiger partial charge is 0.512 e. The van der Waals surface area contributed by atoms with E-state index >= 15 is 0 Å². The normalized spacial score (nSPS) is 8.67. The fourth-order valence-electron chi connectivity index (χ4n) is 0.223. The van der Waals surface area contributed by atoms with Crippen LogP contribution in [0.15, 0.2) is 0 Å². The van der Waals surface area contributed by atoms with E-state index in [1.807, 2.05) is 0 Å². The first-order chi connectivity index (χ1) is 4.31. The maximum Gasteiger partial charge on any atom is 0.512 e. The first-order valence-corrected chi connectivity index (χ1v) is 2.71. The third-order valence-electron chi connectivity index (χ3n) is 0.466. The third kappa shape index (κ3) is 5.02. The summed E-state index contributed by atoms with van der Waals surface area (Å²) in [6.45, 7) is 3.93. The first kappa shape index (κ1) is 8.16. The van der Waals surface area contributed by atoms with Crippen LogP contribution in [-0.2, 0) is 14.7 Å². The van der Waals surface area contributed by atoms with Gasteiger partial charge in [-0.25, -0.2) is 0 Å². The van der Waals surface area contributed by atoms with Crippen LogP contribution >= 0.6 is 0 Å². The molecule has 5 nitrogen and oxygen atoms in total. The summed E-state index contributed by atoms with van der Waals surface area (Å²) >= 11 is 0. The Hall–Kier alpha value is -0.840. The molecule has 0 N–H and O–H groups in total. The Kier molecular flexibility index (Phi) is 4.81. The van der Waals surface area contributed by atoms with Gasteiger partial charge in [-0.15, -0.1) is 4.89 Å². The molecule has 0 rings (SSSR count). The predicted molar refractivity (Wildman–Crippen MR) is 28.0 cm³/mol. The maximum absolute atomic E-state index is 10.1. The lowest BCUT2D eigenvalue weighted by molar-refractivity contribution is -1.03. The molecular weight excluding hydrogens is 126 g/mol. The molecule has 0 aliphatic heterocycles. The molecule has 0 heterocycles. The molecule has 0 aromatic carbocycles. The summed E-state index contributed by atoms with van der Waals surface area (Å²) in [5, 5.41) is -0.0799. The molecule has 0 unspecified atom stereocenters. The van der Waals surface area contributed by atoms with Crippen LogP contribution in [0.2, 0.25) is 0 Å². The molecule has 5 heteroatoms. The van der Waals surface area contributed by atoms with Gasteiger partial charge in [0, 0.05) is 4.99 Å². The van der Waals surface area contributed by atoms with Gasteiger partial charge in [0.25, 0.3) is 0 Å². The van der Waals surface area contributed by atoms with Crippen LogP contribution in [0.4, 0.5) is 0 Å². The van der Waals surface area contributed by atoms with E-state index in [0.717, 1.165) is 0 Å². The van der Waals surface area contributed by atoms with Gasteiger partial charge in [0.2, 0.25) is 0 Å². The lowest BCUT2D eigenvalue weighted by atomic mass is 10.9. The van der Waals surface area contributed by atoms with Crippen LogP contribution in [0.5, 0.6) is 0 Å². The fraction of sp³-hybridized carbons (Fsp3) is 1.00. The molecule has 0 amide bonds. The standard InChI is InChI=1S/C4H10NO4/c1-3-7-5(6)9-8-4-2/h3-4H2,1-2H3/q+1.